The Morgan fingerprint density at radius 1 is 0.963 bits per heavy atom. The van der Waals surface area contributed by atoms with Crippen LogP contribution in [0.1, 0.15) is 24.5 Å². The second kappa shape index (κ2) is 11.8. The molecule has 6 N–H and O–H groups in total. The van der Waals surface area contributed by atoms with Gasteiger partial charge in [-0.2, -0.15) is 0 Å². The Balaban J connectivity index is 0.000000646. The molecule has 148 valence electrons. The van der Waals surface area contributed by atoms with E-state index < -0.39 is 12.6 Å². The first kappa shape index (κ1) is 22.3. The molecule has 2 aromatic rings. The fraction of sp³-hybridized carbons (Fsp3) is 0.350. The number of carboxylic acid groups (broad SMARTS) is 1. The number of hydrogen-bond acceptors (Lipinski definition) is 6. The van der Waals surface area contributed by atoms with Crippen LogP contribution in [0.4, 0.5) is 0 Å². The second-order valence-corrected chi connectivity index (χ2v) is 6.19. The van der Waals surface area contributed by atoms with Crippen LogP contribution in [0.5, 0.6) is 17.2 Å². The van der Waals surface area contributed by atoms with Crippen LogP contribution in [-0.2, 0) is 17.6 Å². The summed E-state index contributed by atoms with van der Waals surface area (Å²) in [4.78, 5) is 9.12. The summed E-state index contributed by atoms with van der Waals surface area (Å²) in [5.41, 5.74) is 2.21. The standard InChI is InChI=1S/C18H23NO3.C2H4O3/c1-13(2-3-14-4-7-16(20)8-5-14)19-11-10-15-6-9-17(21)18(22)12-15;3-1-2(4)5/h4-9,12-13,19-22H,2-3,10-11H2,1H3;3H,1H2,(H,4,5). The molecular weight excluding hydrogens is 350 g/mol. The van der Waals surface area contributed by atoms with Crippen molar-refractivity contribution in [3.8, 4) is 17.2 Å². The molecule has 0 aliphatic rings. The van der Waals surface area contributed by atoms with E-state index >= 15 is 0 Å². The predicted octanol–water partition coefficient (Wildman–Crippen LogP) is 2.02. The summed E-state index contributed by atoms with van der Waals surface area (Å²) in [6.45, 7) is 2.19. The predicted molar refractivity (Wildman–Crippen MR) is 102 cm³/mol. The van der Waals surface area contributed by atoms with Crippen LogP contribution in [0.15, 0.2) is 42.5 Å². The van der Waals surface area contributed by atoms with Gasteiger partial charge in [-0.25, -0.2) is 4.79 Å². The number of carboxylic acids is 1. The molecule has 1 atom stereocenters. The van der Waals surface area contributed by atoms with E-state index in [0.29, 0.717) is 11.8 Å². The van der Waals surface area contributed by atoms with Gasteiger partial charge in [-0.1, -0.05) is 18.2 Å². The van der Waals surface area contributed by atoms with E-state index in [0.717, 1.165) is 31.4 Å². The number of nitrogens with one attached hydrogen (secondary N) is 1. The molecule has 0 saturated carbocycles. The number of phenols is 3. The van der Waals surface area contributed by atoms with Crippen molar-refractivity contribution in [2.75, 3.05) is 13.2 Å². The van der Waals surface area contributed by atoms with Gasteiger partial charge in [0.25, 0.3) is 0 Å². The normalized spacial score (nSPS) is 11.3. The van der Waals surface area contributed by atoms with Gasteiger partial charge in [-0.05, 0) is 68.1 Å². The minimum atomic E-state index is -1.19. The monoisotopic (exact) mass is 377 g/mol. The summed E-state index contributed by atoms with van der Waals surface area (Å²) in [7, 11) is 0. The van der Waals surface area contributed by atoms with Gasteiger partial charge in [0.15, 0.2) is 11.5 Å². The van der Waals surface area contributed by atoms with Gasteiger partial charge in [0.1, 0.15) is 12.4 Å². The number of aliphatic hydroxyl groups excluding tert-OH is 1. The van der Waals surface area contributed by atoms with Crippen molar-refractivity contribution in [2.24, 2.45) is 0 Å². The Kier molecular flexibility index (Phi) is 9.71. The maximum absolute atomic E-state index is 9.45. The zero-order chi connectivity index (χ0) is 20.2. The highest BCUT2D eigenvalue weighted by molar-refractivity contribution is 5.67. The van der Waals surface area contributed by atoms with Crippen LogP contribution in [0, 0.1) is 0 Å². The molecule has 0 radical (unpaired) electrons. The molecule has 0 spiro atoms. The van der Waals surface area contributed by atoms with Crippen molar-refractivity contribution in [1.29, 1.82) is 0 Å². The van der Waals surface area contributed by atoms with Crippen LogP contribution < -0.4 is 5.32 Å². The number of benzene rings is 2. The minimum Gasteiger partial charge on any atom is -0.508 e. The van der Waals surface area contributed by atoms with Crippen LogP contribution in [0.3, 0.4) is 0 Å². The number of hydrogen-bond donors (Lipinski definition) is 6. The number of phenolic OH excluding ortho intramolecular Hbond substituents is 3. The SMILES string of the molecule is CC(CCc1ccc(O)cc1)NCCc1ccc(O)c(O)c1.O=C(O)CO. The molecule has 7 heteroatoms. The molecule has 2 aromatic carbocycles. The average Bonchev–Trinajstić information content (AvgIpc) is 2.64. The molecule has 0 saturated heterocycles. The van der Waals surface area contributed by atoms with Gasteiger partial charge in [-0.3, -0.25) is 0 Å². The van der Waals surface area contributed by atoms with Gasteiger partial charge < -0.3 is 30.8 Å². The quantitative estimate of drug-likeness (QED) is 0.388. The van der Waals surface area contributed by atoms with E-state index in [1.807, 2.05) is 18.2 Å². The van der Waals surface area contributed by atoms with E-state index in [1.165, 1.54) is 11.6 Å². The summed E-state index contributed by atoms with van der Waals surface area (Å²) in [6, 6.07) is 12.6. The summed E-state index contributed by atoms with van der Waals surface area (Å²) in [5.74, 6) is -1.05. The zero-order valence-electron chi connectivity index (χ0n) is 15.3. The number of aliphatic hydroxyl groups is 1. The van der Waals surface area contributed by atoms with Crippen molar-refractivity contribution >= 4 is 5.97 Å². The Bertz CT molecular complexity index is 702. The third kappa shape index (κ3) is 9.48. The fourth-order valence-corrected chi connectivity index (χ4v) is 2.34. The Morgan fingerprint density at radius 2 is 1.56 bits per heavy atom. The molecule has 0 amide bonds. The lowest BCUT2D eigenvalue weighted by molar-refractivity contribution is -0.140. The molecular formula is C20H27NO6. The molecule has 0 aliphatic carbocycles. The molecule has 2 rings (SSSR count). The first-order valence-corrected chi connectivity index (χ1v) is 8.66. The number of aliphatic carboxylic acids is 1. The first-order chi connectivity index (χ1) is 12.8. The maximum Gasteiger partial charge on any atom is 0.329 e. The molecule has 7 nitrogen and oxygen atoms in total. The molecule has 0 aliphatic heterocycles. The largest absolute Gasteiger partial charge is 0.508 e. The molecule has 0 fully saturated rings. The number of aromatic hydroxyl groups is 3. The van der Waals surface area contributed by atoms with Crippen molar-refractivity contribution in [1.82, 2.24) is 5.32 Å². The lowest BCUT2D eigenvalue weighted by atomic mass is 10.1. The van der Waals surface area contributed by atoms with Gasteiger partial charge in [0.05, 0.1) is 0 Å². The minimum absolute atomic E-state index is 0.0714. The third-order valence-corrected chi connectivity index (χ3v) is 3.88. The Labute approximate surface area is 158 Å². The zero-order valence-corrected chi connectivity index (χ0v) is 15.3. The van der Waals surface area contributed by atoms with Crippen LogP contribution >= 0.6 is 0 Å². The average molecular weight is 377 g/mol. The Morgan fingerprint density at radius 3 is 2.11 bits per heavy atom. The van der Waals surface area contributed by atoms with E-state index in [9.17, 15) is 15.3 Å². The highest BCUT2D eigenvalue weighted by Crippen LogP contribution is 2.24. The number of carbonyl (C=O) groups is 1. The molecule has 27 heavy (non-hydrogen) atoms. The first-order valence-electron chi connectivity index (χ1n) is 8.66. The second-order valence-electron chi connectivity index (χ2n) is 6.19. The Hall–Kier alpha value is -2.77. The van der Waals surface area contributed by atoms with Gasteiger partial charge in [0, 0.05) is 6.04 Å². The van der Waals surface area contributed by atoms with E-state index in [-0.39, 0.29) is 11.5 Å². The molecule has 0 bridgehead atoms. The summed E-state index contributed by atoms with van der Waals surface area (Å²) >= 11 is 0. The topological polar surface area (TPSA) is 130 Å². The molecule has 1 unspecified atom stereocenters. The summed E-state index contributed by atoms with van der Waals surface area (Å²) in [5, 5.41) is 46.4. The van der Waals surface area contributed by atoms with E-state index in [2.05, 4.69) is 12.2 Å². The van der Waals surface area contributed by atoms with Gasteiger partial charge in [0.2, 0.25) is 0 Å². The van der Waals surface area contributed by atoms with Crippen LogP contribution in [0.25, 0.3) is 0 Å². The summed E-state index contributed by atoms with van der Waals surface area (Å²) < 4.78 is 0. The number of aryl methyl sites for hydroxylation is 1. The smallest absolute Gasteiger partial charge is 0.329 e. The molecule has 0 heterocycles. The number of rotatable bonds is 8. The third-order valence-electron chi connectivity index (χ3n) is 3.88. The van der Waals surface area contributed by atoms with Crippen molar-refractivity contribution in [3.05, 3.63) is 53.6 Å². The van der Waals surface area contributed by atoms with E-state index in [4.69, 9.17) is 15.0 Å². The fourth-order valence-electron chi connectivity index (χ4n) is 2.34. The highest BCUT2D eigenvalue weighted by Gasteiger charge is 2.04. The lowest BCUT2D eigenvalue weighted by Crippen LogP contribution is -2.28. The van der Waals surface area contributed by atoms with Crippen LogP contribution in [-0.4, -0.2) is 50.7 Å². The summed E-state index contributed by atoms with van der Waals surface area (Å²) in [6.07, 6.45) is 2.79. The lowest BCUT2D eigenvalue weighted by Gasteiger charge is -2.14. The molecule has 0 aromatic heterocycles. The maximum atomic E-state index is 9.45. The van der Waals surface area contributed by atoms with Crippen molar-refractivity contribution in [3.63, 3.8) is 0 Å². The van der Waals surface area contributed by atoms with E-state index in [1.54, 1.807) is 18.2 Å². The van der Waals surface area contributed by atoms with Crippen molar-refractivity contribution in [2.45, 2.75) is 32.2 Å². The van der Waals surface area contributed by atoms with Crippen LogP contribution in [0.2, 0.25) is 0 Å². The van der Waals surface area contributed by atoms with Gasteiger partial charge in [-0.15, -0.1) is 0 Å². The van der Waals surface area contributed by atoms with Crippen molar-refractivity contribution < 1.29 is 30.3 Å². The highest BCUT2D eigenvalue weighted by atomic mass is 16.4. The van der Waals surface area contributed by atoms with Gasteiger partial charge >= 0.3 is 5.97 Å².